The van der Waals surface area contributed by atoms with Crippen molar-refractivity contribution in [2.24, 2.45) is 11.8 Å². The van der Waals surface area contributed by atoms with E-state index in [0.29, 0.717) is 0 Å². The van der Waals surface area contributed by atoms with Crippen molar-refractivity contribution in [3.05, 3.63) is 107 Å². The summed E-state index contributed by atoms with van der Waals surface area (Å²) in [5.74, 6) is -1.86. The molecule has 3 aromatic rings. The molecular formula is C26H19NO3. The molecule has 1 fully saturated rings. The number of rotatable bonds is 3. The molecule has 3 aromatic carbocycles. The topological polar surface area (TPSA) is 54.5 Å². The van der Waals surface area contributed by atoms with Crippen molar-refractivity contribution in [3.63, 3.8) is 0 Å². The Balaban J connectivity index is 1.58. The van der Waals surface area contributed by atoms with Crippen LogP contribution >= 0.6 is 0 Å². The molecule has 0 radical (unpaired) electrons. The Morgan fingerprint density at radius 3 is 1.93 bits per heavy atom. The van der Waals surface area contributed by atoms with Crippen LogP contribution in [0.1, 0.15) is 33.7 Å². The Labute approximate surface area is 174 Å². The highest BCUT2D eigenvalue weighted by molar-refractivity contribution is 6.10. The molecule has 1 aliphatic heterocycles. The number of likely N-dealkylation sites (tertiary alicyclic amines) is 1. The summed E-state index contributed by atoms with van der Waals surface area (Å²) in [6.07, 6.45) is 0.912. The van der Waals surface area contributed by atoms with E-state index in [0.717, 1.165) is 34.1 Å². The fourth-order valence-electron chi connectivity index (χ4n) is 6.01. The summed E-state index contributed by atoms with van der Waals surface area (Å²) in [4.78, 5) is 41.5. The van der Waals surface area contributed by atoms with Crippen molar-refractivity contribution in [2.75, 3.05) is 0 Å². The van der Waals surface area contributed by atoms with Crippen molar-refractivity contribution in [1.29, 1.82) is 0 Å². The first-order valence-electron chi connectivity index (χ1n) is 10.2. The number of carbonyl (C=O) groups is 3. The summed E-state index contributed by atoms with van der Waals surface area (Å²) in [6, 6.07) is 25.1. The number of amides is 2. The normalized spacial score (nSPS) is 28.1. The zero-order valence-electron chi connectivity index (χ0n) is 16.2. The van der Waals surface area contributed by atoms with Crippen LogP contribution in [0.25, 0.3) is 0 Å². The Morgan fingerprint density at radius 1 is 0.767 bits per heavy atom. The highest BCUT2D eigenvalue weighted by Gasteiger charge is 2.68. The van der Waals surface area contributed by atoms with Crippen LogP contribution in [0.4, 0.5) is 0 Å². The monoisotopic (exact) mass is 393 g/mol. The van der Waals surface area contributed by atoms with Crippen molar-refractivity contribution < 1.29 is 14.4 Å². The average molecular weight is 393 g/mol. The Morgan fingerprint density at radius 2 is 1.33 bits per heavy atom. The lowest BCUT2D eigenvalue weighted by atomic mass is 9.48. The van der Waals surface area contributed by atoms with Gasteiger partial charge in [0.2, 0.25) is 11.8 Å². The van der Waals surface area contributed by atoms with Gasteiger partial charge in [-0.1, -0.05) is 78.9 Å². The zero-order chi connectivity index (χ0) is 20.5. The third-order valence-corrected chi connectivity index (χ3v) is 7.14. The van der Waals surface area contributed by atoms with Gasteiger partial charge < -0.3 is 4.79 Å². The lowest BCUT2D eigenvalue weighted by Gasteiger charge is -2.51. The quantitative estimate of drug-likeness (QED) is 0.506. The second-order valence-electron chi connectivity index (χ2n) is 8.39. The third kappa shape index (κ3) is 1.93. The molecule has 4 nitrogen and oxygen atoms in total. The van der Waals surface area contributed by atoms with Crippen LogP contribution in [0.2, 0.25) is 0 Å². The van der Waals surface area contributed by atoms with Gasteiger partial charge in [0.15, 0.2) is 0 Å². The molecule has 30 heavy (non-hydrogen) atoms. The molecule has 2 bridgehead atoms. The number of benzene rings is 3. The lowest BCUT2D eigenvalue weighted by molar-refractivity contribution is -0.141. The molecule has 0 unspecified atom stereocenters. The van der Waals surface area contributed by atoms with E-state index in [1.54, 1.807) is 0 Å². The van der Waals surface area contributed by atoms with Gasteiger partial charge in [-0.15, -0.1) is 0 Å². The molecule has 3 aliphatic carbocycles. The van der Waals surface area contributed by atoms with Crippen molar-refractivity contribution in [1.82, 2.24) is 4.90 Å². The smallest absolute Gasteiger partial charge is 0.235 e. The Hall–Kier alpha value is -3.53. The Kier molecular flexibility index (Phi) is 3.46. The average Bonchev–Trinajstić information content (AvgIpc) is 3.05. The fraction of sp³-hybridized carbons (Fsp3) is 0.192. The van der Waals surface area contributed by atoms with Crippen LogP contribution in [0, 0.1) is 11.8 Å². The summed E-state index contributed by atoms with van der Waals surface area (Å²) in [5.41, 5.74) is 3.50. The van der Waals surface area contributed by atoms with Gasteiger partial charge in [-0.3, -0.25) is 14.5 Å². The van der Waals surface area contributed by atoms with Gasteiger partial charge in [-0.25, -0.2) is 0 Å². The summed E-state index contributed by atoms with van der Waals surface area (Å²) < 4.78 is 0. The molecule has 2 atom stereocenters. The lowest BCUT2D eigenvalue weighted by Crippen LogP contribution is -2.54. The third-order valence-electron chi connectivity index (χ3n) is 7.14. The van der Waals surface area contributed by atoms with Crippen LogP contribution < -0.4 is 0 Å². The number of hydrogen-bond acceptors (Lipinski definition) is 3. The van der Waals surface area contributed by atoms with E-state index in [-0.39, 0.29) is 24.3 Å². The second-order valence-corrected chi connectivity index (χ2v) is 8.39. The summed E-state index contributed by atoms with van der Waals surface area (Å²) in [6.45, 7) is 0.236. The van der Waals surface area contributed by atoms with Gasteiger partial charge in [0.25, 0.3) is 0 Å². The van der Waals surface area contributed by atoms with Crippen molar-refractivity contribution in [2.45, 2.75) is 17.9 Å². The summed E-state index contributed by atoms with van der Waals surface area (Å²) in [7, 11) is 0. The minimum absolute atomic E-state index is 0.172. The van der Waals surface area contributed by atoms with Crippen molar-refractivity contribution >= 4 is 18.1 Å². The van der Waals surface area contributed by atoms with E-state index < -0.39 is 17.3 Å². The Bertz CT molecular complexity index is 1170. The number of carbonyl (C=O) groups excluding carboxylic acids is 3. The number of hydrogen-bond donors (Lipinski definition) is 0. The first kappa shape index (κ1) is 17.3. The molecular weight excluding hydrogens is 374 g/mol. The van der Waals surface area contributed by atoms with Crippen LogP contribution in [0.5, 0.6) is 0 Å². The summed E-state index contributed by atoms with van der Waals surface area (Å²) in [5, 5.41) is 0. The first-order chi connectivity index (χ1) is 14.7. The highest BCUT2D eigenvalue weighted by Crippen LogP contribution is 2.63. The fourth-order valence-corrected chi connectivity index (χ4v) is 6.01. The van der Waals surface area contributed by atoms with Crippen LogP contribution in [-0.4, -0.2) is 23.0 Å². The molecule has 1 saturated heterocycles. The van der Waals surface area contributed by atoms with Crippen LogP contribution in [-0.2, 0) is 26.3 Å². The van der Waals surface area contributed by atoms with E-state index in [1.165, 1.54) is 4.90 Å². The molecule has 4 aliphatic rings. The number of aldehydes is 1. The van der Waals surface area contributed by atoms with E-state index in [1.807, 2.05) is 78.9 Å². The SMILES string of the molecule is O=CC12c3ccccc3C(c3ccccc31)[C@H]1C(=O)N(Cc3ccccc3)C(=O)[C@@H]12. The van der Waals surface area contributed by atoms with E-state index in [9.17, 15) is 14.4 Å². The van der Waals surface area contributed by atoms with E-state index in [2.05, 4.69) is 0 Å². The minimum atomic E-state index is -1.12. The zero-order valence-corrected chi connectivity index (χ0v) is 16.2. The number of nitrogens with zero attached hydrogens (tertiary/aromatic N) is 1. The molecule has 0 N–H and O–H groups in total. The van der Waals surface area contributed by atoms with E-state index in [4.69, 9.17) is 0 Å². The standard InChI is InChI=1S/C26H19NO3/c28-15-26-19-12-6-4-10-17(19)21(18-11-5-7-13-20(18)26)22-23(26)25(30)27(24(22)29)14-16-8-2-1-3-9-16/h1-13,15,21-23H,14H2/t21?,22-,23-,26?/m1/s1. The number of imide groups is 1. The molecule has 7 rings (SSSR count). The van der Waals surface area contributed by atoms with Gasteiger partial charge >= 0.3 is 0 Å². The second kappa shape index (κ2) is 5.99. The molecule has 1 heterocycles. The highest BCUT2D eigenvalue weighted by atomic mass is 16.2. The first-order valence-corrected chi connectivity index (χ1v) is 10.2. The summed E-state index contributed by atoms with van der Waals surface area (Å²) >= 11 is 0. The molecule has 4 heteroatoms. The van der Waals surface area contributed by atoms with Crippen LogP contribution in [0.3, 0.4) is 0 Å². The maximum atomic E-state index is 13.7. The van der Waals surface area contributed by atoms with Gasteiger partial charge in [0.1, 0.15) is 6.29 Å². The predicted molar refractivity (Wildman–Crippen MR) is 111 cm³/mol. The van der Waals surface area contributed by atoms with Gasteiger partial charge in [-0.2, -0.15) is 0 Å². The molecule has 0 saturated carbocycles. The minimum Gasteiger partial charge on any atom is -0.302 e. The molecule has 146 valence electrons. The molecule has 0 spiro atoms. The maximum absolute atomic E-state index is 13.7. The molecule has 2 amide bonds. The van der Waals surface area contributed by atoms with Gasteiger partial charge in [0.05, 0.1) is 23.8 Å². The van der Waals surface area contributed by atoms with Gasteiger partial charge in [-0.05, 0) is 27.8 Å². The largest absolute Gasteiger partial charge is 0.302 e. The molecule has 0 aromatic heterocycles. The maximum Gasteiger partial charge on any atom is 0.235 e. The van der Waals surface area contributed by atoms with Crippen molar-refractivity contribution in [3.8, 4) is 0 Å². The van der Waals surface area contributed by atoms with E-state index >= 15 is 0 Å². The predicted octanol–water partition coefficient (Wildman–Crippen LogP) is 3.43. The van der Waals surface area contributed by atoms with Crippen LogP contribution in [0.15, 0.2) is 78.9 Å². The van der Waals surface area contributed by atoms with Gasteiger partial charge in [0, 0.05) is 5.92 Å².